The van der Waals surface area contributed by atoms with E-state index >= 15 is 0 Å². The van der Waals surface area contributed by atoms with Crippen LogP contribution in [0.4, 0.5) is 5.69 Å². The first-order valence-corrected chi connectivity index (χ1v) is 8.01. The third kappa shape index (κ3) is 2.94. The molecule has 0 fully saturated rings. The quantitative estimate of drug-likeness (QED) is 0.727. The van der Waals surface area contributed by atoms with Crippen LogP contribution in [-0.4, -0.2) is 10.9 Å². The van der Waals surface area contributed by atoms with Crippen LogP contribution in [0.3, 0.4) is 0 Å². The van der Waals surface area contributed by atoms with Crippen LogP contribution in [0.25, 0.3) is 10.9 Å². The molecular weight excluding hydrogens is 360 g/mol. The summed E-state index contributed by atoms with van der Waals surface area (Å²) < 4.78 is 5.71. The molecule has 1 amide bonds. The van der Waals surface area contributed by atoms with Gasteiger partial charge in [-0.2, -0.15) is 0 Å². The molecule has 0 bridgehead atoms. The van der Waals surface area contributed by atoms with Crippen LogP contribution in [0, 0.1) is 6.92 Å². The number of aryl methyl sites for hydroxylation is 1. The van der Waals surface area contributed by atoms with Crippen molar-refractivity contribution in [3.8, 4) is 0 Å². The number of aromatic nitrogens is 1. The first kappa shape index (κ1) is 15.6. The van der Waals surface area contributed by atoms with Crippen molar-refractivity contribution in [1.29, 1.82) is 0 Å². The van der Waals surface area contributed by atoms with Gasteiger partial charge in [0.1, 0.15) is 0 Å². The standard InChI is InChI=1S/C17H15BrN2O3/c1-3-11-9(2)12-5-4-10(8-13(12)20-16(11)21)19-17(22)14-6-7-15(18)23-14/h4-8H,3H2,1-2H3,(H,19,22)(H,20,21). The van der Waals surface area contributed by atoms with Crippen LogP contribution >= 0.6 is 15.9 Å². The predicted octanol–water partition coefficient (Wildman–Crippen LogP) is 4.01. The van der Waals surface area contributed by atoms with Crippen molar-refractivity contribution in [3.63, 3.8) is 0 Å². The molecule has 118 valence electrons. The predicted molar refractivity (Wildman–Crippen MR) is 93.0 cm³/mol. The van der Waals surface area contributed by atoms with Gasteiger partial charge >= 0.3 is 0 Å². The summed E-state index contributed by atoms with van der Waals surface area (Å²) in [7, 11) is 0. The fourth-order valence-electron chi connectivity index (χ4n) is 2.64. The number of halogens is 1. The highest BCUT2D eigenvalue weighted by atomic mass is 79.9. The van der Waals surface area contributed by atoms with Gasteiger partial charge in [0.15, 0.2) is 10.4 Å². The van der Waals surface area contributed by atoms with Crippen molar-refractivity contribution >= 4 is 38.4 Å². The van der Waals surface area contributed by atoms with Crippen LogP contribution in [-0.2, 0) is 6.42 Å². The molecule has 3 aromatic rings. The molecule has 0 atom stereocenters. The van der Waals surface area contributed by atoms with Crippen LogP contribution < -0.4 is 10.9 Å². The Labute approximate surface area is 140 Å². The van der Waals surface area contributed by atoms with Gasteiger partial charge in [0.05, 0.1) is 5.52 Å². The SMILES string of the molecule is CCc1c(C)c2ccc(NC(=O)c3ccc(Br)o3)cc2[nH]c1=O. The monoisotopic (exact) mass is 374 g/mol. The minimum Gasteiger partial charge on any atom is -0.444 e. The summed E-state index contributed by atoms with van der Waals surface area (Å²) in [5.41, 5.74) is 2.96. The van der Waals surface area contributed by atoms with Gasteiger partial charge in [-0.05, 0) is 59.1 Å². The summed E-state index contributed by atoms with van der Waals surface area (Å²) in [6.45, 7) is 3.90. The van der Waals surface area contributed by atoms with Crippen molar-refractivity contribution < 1.29 is 9.21 Å². The lowest BCUT2D eigenvalue weighted by atomic mass is 10.0. The van der Waals surface area contributed by atoms with Gasteiger partial charge in [-0.25, -0.2) is 0 Å². The van der Waals surface area contributed by atoms with Crippen LogP contribution in [0.1, 0.15) is 28.6 Å². The third-order valence-electron chi connectivity index (χ3n) is 3.81. The minimum absolute atomic E-state index is 0.0871. The summed E-state index contributed by atoms with van der Waals surface area (Å²) in [4.78, 5) is 27.0. The number of H-pyrrole nitrogens is 1. The number of anilines is 1. The van der Waals surface area contributed by atoms with E-state index in [0.29, 0.717) is 22.3 Å². The van der Waals surface area contributed by atoms with Gasteiger partial charge in [0.2, 0.25) is 0 Å². The Morgan fingerprint density at radius 3 is 2.74 bits per heavy atom. The van der Waals surface area contributed by atoms with Gasteiger partial charge < -0.3 is 14.7 Å². The summed E-state index contributed by atoms with van der Waals surface area (Å²) in [5.74, 6) is -0.137. The number of hydrogen-bond acceptors (Lipinski definition) is 3. The number of fused-ring (bicyclic) bond motifs is 1. The highest BCUT2D eigenvalue weighted by Gasteiger charge is 2.12. The highest BCUT2D eigenvalue weighted by molar-refractivity contribution is 9.10. The average molecular weight is 375 g/mol. The van der Waals surface area contributed by atoms with E-state index in [0.717, 1.165) is 16.5 Å². The number of hydrogen-bond donors (Lipinski definition) is 2. The van der Waals surface area contributed by atoms with E-state index in [1.54, 1.807) is 18.2 Å². The fraction of sp³-hybridized carbons (Fsp3) is 0.176. The van der Waals surface area contributed by atoms with Crippen molar-refractivity contribution in [3.05, 3.63) is 62.2 Å². The summed E-state index contributed by atoms with van der Waals surface area (Å²) in [5, 5.41) is 3.73. The molecule has 2 aromatic heterocycles. The zero-order valence-electron chi connectivity index (χ0n) is 12.7. The third-order valence-corrected chi connectivity index (χ3v) is 4.23. The maximum Gasteiger partial charge on any atom is 0.291 e. The minimum atomic E-state index is -0.348. The molecular formula is C17H15BrN2O3. The Kier molecular flexibility index (Phi) is 4.09. The molecule has 6 heteroatoms. The van der Waals surface area contributed by atoms with E-state index in [9.17, 15) is 9.59 Å². The molecule has 5 nitrogen and oxygen atoms in total. The zero-order chi connectivity index (χ0) is 16.6. The Balaban J connectivity index is 1.97. The van der Waals surface area contributed by atoms with E-state index in [4.69, 9.17) is 4.42 Å². The van der Waals surface area contributed by atoms with Crippen molar-refractivity contribution in [2.45, 2.75) is 20.3 Å². The van der Waals surface area contributed by atoms with Gasteiger partial charge in [-0.3, -0.25) is 9.59 Å². The Bertz CT molecular complexity index is 956. The maximum atomic E-state index is 12.1. The largest absolute Gasteiger partial charge is 0.444 e. The second-order valence-electron chi connectivity index (χ2n) is 5.23. The number of carbonyl (C=O) groups excluding carboxylic acids is 1. The molecule has 0 spiro atoms. The number of rotatable bonds is 3. The van der Waals surface area contributed by atoms with Crippen LogP contribution in [0.2, 0.25) is 0 Å². The summed E-state index contributed by atoms with van der Waals surface area (Å²) in [6, 6.07) is 8.69. The fourth-order valence-corrected chi connectivity index (χ4v) is 2.94. The number of benzene rings is 1. The van der Waals surface area contributed by atoms with E-state index < -0.39 is 0 Å². The molecule has 0 aliphatic rings. The normalized spacial score (nSPS) is 10.9. The molecule has 0 saturated heterocycles. The molecule has 1 aromatic carbocycles. The molecule has 0 saturated carbocycles. The molecule has 23 heavy (non-hydrogen) atoms. The first-order valence-electron chi connectivity index (χ1n) is 7.21. The Morgan fingerprint density at radius 2 is 2.09 bits per heavy atom. The second kappa shape index (κ2) is 6.04. The van der Waals surface area contributed by atoms with Crippen molar-refractivity contribution in [2.75, 3.05) is 5.32 Å². The lowest BCUT2D eigenvalue weighted by Gasteiger charge is -2.09. The number of furan rings is 1. The topological polar surface area (TPSA) is 75.1 Å². The van der Waals surface area contributed by atoms with E-state index in [2.05, 4.69) is 26.2 Å². The number of aromatic amines is 1. The molecule has 0 unspecified atom stereocenters. The molecule has 3 rings (SSSR count). The van der Waals surface area contributed by atoms with Gasteiger partial charge in [0, 0.05) is 16.6 Å². The lowest BCUT2D eigenvalue weighted by molar-refractivity contribution is 0.0995. The molecule has 0 aliphatic heterocycles. The Morgan fingerprint density at radius 1 is 1.30 bits per heavy atom. The molecule has 2 N–H and O–H groups in total. The first-order chi connectivity index (χ1) is 11.0. The highest BCUT2D eigenvalue weighted by Crippen LogP contribution is 2.22. The van der Waals surface area contributed by atoms with Crippen molar-refractivity contribution in [1.82, 2.24) is 4.98 Å². The van der Waals surface area contributed by atoms with Crippen molar-refractivity contribution in [2.24, 2.45) is 0 Å². The Hall–Kier alpha value is -2.34. The van der Waals surface area contributed by atoms with E-state index in [1.807, 2.05) is 26.0 Å². The number of amides is 1. The van der Waals surface area contributed by atoms with Crippen LogP contribution in [0.15, 0.2) is 44.2 Å². The number of nitrogens with one attached hydrogen (secondary N) is 2. The van der Waals surface area contributed by atoms with Gasteiger partial charge in [-0.15, -0.1) is 0 Å². The lowest BCUT2D eigenvalue weighted by Crippen LogP contribution is -2.15. The zero-order valence-corrected chi connectivity index (χ0v) is 14.3. The second-order valence-corrected chi connectivity index (χ2v) is 6.01. The van der Waals surface area contributed by atoms with E-state index in [1.165, 1.54) is 0 Å². The van der Waals surface area contributed by atoms with E-state index in [-0.39, 0.29) is 17.2 Å². The smallest absolute Gasteiger partial charge is 0.291 e. The molecule has 2 heterocycles. The number of carbonyl (C=O) groups is 1. The molecule has 0 aliphatic carbocycles. The summed E-state index contributed by atoms with van der Waals surface area (Å²) in [6.07, 6.45) is 0.683. The summed E-state index contributed by atoms with van der Waals surface area (Å²) >= 11 is 3.16. The maximum absolute atomic E-state index is 12.1. The average Bonchev–Trinajstić information content (AvgIpc) is 2.94. The molecule has 0 radical (unpaired) electrons. The van der Waals surface area contributed by atoms with Crippen LogP contribution in [0.5, 0.6) is 0 Å². The van der Waals surface area contributed by atoms with Gasteiger partial charge in [0.25, 0.3) is 11.5 Å². The van der Waals surface area contributed by atoms with Gasteiger partial charge in [-0.1, -0.05) is 13.0 Å². The number of pyridine rings is 1.